The van der Waals surface area contributed by atoms with E-state index in [-0.39, 0.29) is 34.9 Å². The highest BCUT2D eigenvalue weighted by Crippen LogP contribution is 2.48. The molecule has 0 saturated carbocycles. The van der Waals surface area contributed by atoms with Crippen LogP contribution in [0.1, 0.15) is 82.6 Å². The smallest absolute Gasteiger partial charge is 0.313 e. The Labute approximate surface area is 203 Å². The Kier molecular flexibility index (Phi) is 7.70. The van der Waals surface area contributed by atoms with Crippen LogP contribution in [0, 0.1) is 42.9 Å². The Morgan fingerprint density at radius 2 is 1.59 bits per heavy atom. The lowest BCUT2D eigenvalue weighted by molar-refractivity contribution is -0.144. The molecule has 5 heteroatoms. The van der Waals surface area contributed by atoms with E-state index in [4.69, 9.17) is 4.74 Å². The Morgan fingerprint density at radius 3 is 2.09 bits per heavy atom. The SMILES string of the molecule is CC#Cc1cc(C)c(C2=C(OC(=O)C(C)C)CC3(CCN(C(=O)C(C)C)CC3)CC2=O)c(C)c1. The zero-order chi connectivity index (χ0) is 25.2. The minimum absolute atomic E-state index is 0.0157. The Hall–Kier alpha value is -2.87. The molecule has 1 aliphatic carbocycles. The first-order valence-corrected chi connectivity index (χ1v) is 12.3. The highest BCUT2D eigenvalue weighted by Gasteiger charge is 2.45. The van der Waals surface area contributed by atoms with Crippen LogP contribution >= 0.6 is 0 Å². The minimum Gasteiger partial charge on any atom is -0.430 e. The summed E-state index contributed by atoms with van der Waals surface area (Å²) in [7, 11) is 0. The van der Waals surface area contributed by atoms with Crippen LogP contribution in [0.3, 0.4) is 0 Å². The Morgan fingerprint density at radius 1 is 1.00 bits per heavy atom. The summed E-state index contributed by atoms with van der Waals surface area (Å²) in [5, 5.41) is 0. The molecule has 0 atom stereocenters. The van der Waals surface area contributed by atoms with Crippen molar-refractivity contribution in [3.8, 4) is 11.8 Å². The number of ketones is 1. The molecule has 1 aliphatic heterocycles. The predicted octanol–water partition coefficient (Wildman–Crippen LogP) is 5.21. The van der Waals surface area contributed by atoms with Gasteiger partial charge < -0.3 is 9.64 Å². The molecule has 1 amide bonds. The lowest BCUT2D eigenvalue weighted by atomic mass is 9.66. The number of hydrogen-bond donors (Lipinski definition) is 0. The number of aryl methyl sites for hydroxylation is 2. The van der Waals surface area contributed by atoms with Gasteiger partial charge in [0.2, 0.25) is 5.91 Å². The summed E-state index contributed by atoms with van der Waals surface area (Å²) in [5.74, 6) is 6.01. The standard InChI is InChI=1S/C29H37NO4/c1-8-9-22-14-20(6)25(21(7)15-22)26-23(31)16-29(17-24(26)34-28(33)19(4)5)10-12-30(13-11-29)27(32)18(2)3/h14-15,18-19H,10-13,16-17H2,1-7H3. The molecule has 0 aromatic heterocycles. The predicted molar refractivity (Wildman–Crippen MR) is 134 cm³/mol. The van der Waals surface area contributed by atoms with Crippen LogP contribution in [-0.4, -0.2) is 35.6 Å². The number of Topliss-reactive ketones (excluding diaryl/α,β-unsaturated/α-hetero) is 1. The largest absolute Gasteiger partial charge is 0.430 e. The molecule has 34 heavy (non-hydrogen) atoms. The van der Waals surface area contributed by atoms with Gasteiger partial charge in [-0.05, 0) is 67.9 Å². The maximum atomic E-state index is 13.7. The number of piperidine rings is 1. The van der Waals surface area contributed by atoms with E-state index in [0.717, 1.165) is 35.1 Å². The van der Waals surface area contributed by atoms with Gasteiger partial charge in [0.15, 0.2) is 5.78 Å². The van der Waals surface area contributed by atoms with Gasteiger partial charge in [-0.15, -0.1) is 5.92 Å². The molecule has 182 valence electrons. The highest BCUT2D eigenvalue weighted by atomic mass is 16.5. The summed E-state index contributed by atoms with van der Waals surface area (Å²) in [6.07, 6.45) is 2.40. The van der Waals surface area contributed by atoms with Crippen molar-refractivity contribution in [1.29, 1.82) is 0 Å². The topological polar surface area (TPSA) is 63.7 Å². The van der Waals surface area contributed by atoms with E-state index in [1.807, 2.05) is 44.7 Å². The van der Waals surface area contributed by atoms with Crippen molar-refractivity contribution in [1.82, 2.24) is 4.90 Å². The number of hydrogen-bond acceptors (Lipinski definition) is 4. The van der Waals surface area contributed by atoms with E-state index in [1.165, 1.54) is 0 Å². The highest BCUT2D eigenvalue weighted by molar-refractivity contribution is 6.23. The first-order chi connectivity index (χ1) is 16.0. The van der Waals surface area contributed by atoms with Gasteiger partial charge in [0.1, 0.15) is 5.76 Å². The molecular formula is C29H37NO4. The van der Waals surface area contributed by atoms with Crippen LogP contribution in [0.2, 0.25) is 0 Å². The number of amides is 1. The summed E-state index contributed by atoms with van der Waals surface area (Å²) in [6.45, 7) is 14.4. The zero-order valence-corrected chi connectivity index (χ0v) is 21.6. The molecule has 0 bridgehead atoms. The van der Waals surface area contributed by atoms with Crippen LogP contribution in [0.25, 0.3) is 5.57 Å². The number of nitrogens with zero attached hydrogens (tertiary/aromatic N) is 1. The molecule has 1 saturated heterocycles. The van der Waals surface area contributed by atoms with Crippen LogP contribution in [0.15, 0.2) is 17.9 Å². The van der Waals surface area contributed by atoms with Crippen molar-refractivity contribution in [3.05, 3.63) is 40.1 Å². The van der Waals surface area contributed by atoms with Gasteiger partial charge >= 0.3 is 5.97 Å². The molecular weight excluding hydrogens is 426 g/mol. The number of likely N-dealkylation sites (tertiary alicyclic amines) is 1. The molecule has 2 aliphatic rings. The number of allylic oxidation sites excluding steroid dienone is 2. The van der Waals surface area contributed by atoms with E-state index in [0.29, 0.717) is 37.3 Å². The van der Waals surface area contributed by atoms with Gasteiger partial charge in [0.25, 0.3) is 0 Å². The third kappa shape index (κ3) is 5.27. The first-order valence-electron chi connectivity index (χ1n) is 12.3. The molecule has 0 N–H and O–H groups in total. The van der Waals surface area contributed by atoms with E-state index in [9.17, 15) is 14.4 Å². The zero-order valence-electron chi connectivity index (χ0n) is 21.6. The second kappa shape index (κ2) is 10.2. The summed E-state index contributed by atoms with van der Waals surface area (Å²) >= 11 is 0. The second-order valence-corrected chi connectivity index (χ2v) is 10.5. The fourth-order valence-electron chi connectivity index (χ4n) is 5.18. The summed E-state index contributed by atoms with van der Waals surface area (Å²) in [5.41, 5.74) is 3.91. The third-order valence-corrected chi connectivity index (χ3v) is 7.01. The monoisotopic (exact) mass is 463 g/mol. The van der Waals surface area contributed by atoms with Gasteiger partial charge in [-0.1, -0.05) is 33.6 Å². The maximum absolute atomic E-state index is 13.7. The molecule has 5 nitrogen and oxygen atoms in total. The lowest BCUT2D eigenvalue weighted by Crippen LogP contribution is -2.46. The van der Waals surface area contributed by atoms with Crippen molar-refractivity contribution in [2.45, 2.75) is 74.1 Å². The van der Waals surface area contributed by atoms with Crippen LogP contribution in [-0.2, 0) is 19.1 Å². The van der Waals surface area contributed by atoms with Crippen molar-refractivity contribution < 1.29 is 19.1 Å². The van der Waals surface area contributed by atoms with Crippen molar-refractivity contribution >= 4 is 23.2 Å². The quantitative estimate of drug-likeness (QED) is 0.454. The maximum Gasteiger partial charge on any atom is 0.313 e. The number of carbonyl (C=O) groups excluding carboxylic acids is 3. The number of esters is 1. The lowest BCUT2D eigenvalue weighted by Gasteiger charge is -2.44. The van der Waals surface area contributed by atoms with Crippen molar-refractivity contribution in [3.63, 3.8) is 0 Å². The van der Waals surface area contributed by atoms with E-state index < -0.39 is 0 Å². The Bertz CT molecular complexity index is 1070. The molecule has 1 aromatic carbocycles. The molecule has 0 unspecified atom stereocenters. The average molecular weight is 464 g/mol. The van der Waals surface area contributed by atoms with Gasteiger partial charge in [-0.25, -0.2) is 0 Å². The van der Waals surface area contributed by atoms with E-state index in [1.54, 1.807) is 20.8 Å². The fourth-order valence-corrected chi connectivity index (χ4v) is 5.18. The average Bonchev–Trinajstić information content (AvgIpc) is 2.75. The number of ether oxygens (including phenoxy) is 1. The van der Waals surface area contributed by atoms with Crippen molar-refractivity contribution in [2.24, 2.45) is 17.3 Å². The van der Waals surface area contributed by atoms with Gasteiger partial charge in [0, 0.05) is 37.4 Å². The summed E-state index contributed by atoms with van der Waals surface area (Å²) in [6, 6.07) is 3.97. The second-order valence-electron chi connectivity index (χ2n) is 10.5. The minimum atomic E-state index is -0.325. The summed E-state index contributed by atoms with van der Waals surface area (Å²) in [4.78, 5) is 40.7. The molecule has 1 aromatic rings. The molecule has 1 spiro atoms. The van der Waals surface area contributed by atoms with Crippen LogP contribution < -0.4 is 0 Å². The van der Waals surface area contributed by atoms with Crippen molar-refractivity contribution in [2.75, 3.05) is 13.1 Å². The first kappa shape index (κ1) is 25.7. The number of benzene rings is 1. The van der Waals surface area contributed by atoms with Gasteiger partial charge in [-0.2, -0.15) is 0 Å². The van der Waals surface area contributed by atoms with Gasteiger partial charge in [-0.3, -0.25) is 14.4 Å². The van der Waals surface area contributed by atoms with Crippen LogP contribution in [0.4, 0.5) is 0 Å². The van der Waals surface area contributed by atoms with Gasteiger partial charge in [0.05, 0.1) is 11.5 Å². The number of carbonyl (C=O) groups is 3. The molecule has 1 fully saturated rings. The molecule has 1 heterocycles. The summed E-state index contributed by atoms with van der Waals surface area (Å²) < 4.78 is 5.93. The Balaban J connectivity index is 2.03. The van der Waals surface area contributed by atoms with E-state index in [2.05, 4.69) is 11.8 Å². The molecule has 3 rings (SSSR count). The third-order valence-electron chi connectivity index (χ3n) is 7.01. The van der Waals surface area contributed by atoms with Crippen LogP contribution in [0.5, 0.6) is 0 Å². The molecule has 0 radical (unpaired) electrons. The fraction of sp³-hybridized carbons (Fsp3) is 0.552. The normalized spacial score (nSPS) is 17.8. The van der Waals surface area contributed by atoms with E-state index >= 15 is 0 Å². The number of rotatable bonds is 4.